The fourth-order valence-electron chi connectivity index (χ4n) is 4.27. The molecule has 0 spiro atoms. The number of amides is 1. The quantitative estimate of drug-likeness (QED) is 0.379. The van der Waals surface area contributed by atoms with Gasteiger partial charge in [0.2, 0.25) is 0 Å². The predicted octanol–water partition coefficient (Wildman–Crippen LogP) is 4.31. The monoisotopic (exact) mass is 522 g/mol. The average Bonchev–Trinajstić information content (AvgIpc) is 2.90. The summed E-state index contributed by atoms with van der Waals surface area (Å²) >= 11 is 0. The zero-order valence-electron chi connectivity index (χ0n) is 22.7. The molecule has 0 radical (unpaired) electrons. The van der Waals surface area contributed by atoms with Crippen LogP contribution in [0.15, 0.2) is 48.7 Å². The lowest BCUT2D eigenvalue weighted by Crippen LogP contribution is -2.41. The summed E-state index contributed by atoms with van der Waals surface area (Å²) in [4.78, 5) is 29.7. The number of nitrogens with one attached hydrogen (secondary N) is 1. The summed E-state index contributed by atoms with van der Waals surface area (Å²) in [6.07, 6.45) is 0.658. The largest absolute Gasteiger partial charge is 0.503 e. The number of methoxy groups -OCH3 is 3. The number of aromatic nitrogens is 1. The van der Waals surface area contributed by atoms with Crippen LogP contribution < -0.4 is 19.5 Å². The van der Waals surface area contributed by atoms with E-state index in [0.717, 1.165) is 22.3 Å². The first-order chi connectivity index (χ1) is 18.1. The van der Waals surface area contributed by atoms with E-state index in [1.807, 2.05) is 50.2 Å². The molecule has 2 N–H and O–H groups in total. The second-order valence-electron chi connectivity index (χ2n) is 9.02. The van der Waals surface area contributed by atoms with Crippen LogP contribution in [0.1, 0.15) is 52.5 Å². The molecule has 1 aromatic heterocycles. The molecule has 9 nitrogen and oxygen atoms in total. The van der Waals surface area contributed by atoms with E-state index in [-0.39, 0.29) is 11.4 Å². The van der Waals surface area contributed by atoms with E-state index in [0.29, 0.717) is 11.5 Å². The highest BCUT2D eigenvalue weighted by Crippen LogP contribution is 2.40. The number of carbonyl (C=O) groups excluding carboxylic acids is 2. The van der Waals surface area contributed by atoms with E-state index in [1.54, 1.807) is 21.1 Å². The van der Waals surface area contributed by atoms with Gasteiger partial charge >= 0.3 is 5.97 Å². The van der Waals surface area contributed by atoms with E-state index in [4.69, 9.17) is 18.9 Å². The molecule has 0 saturated heterocycles. The van der Waals surface area contributed by atoms with Crippen molar-refractivity contribution in [2.24, 2.45) is 0 Å². The Morgan fingerprint density at radius 1 is 0.842 bits per heavy atom. The highest BCUT2D eigenvalue weighted by atomic mass is 16.5. The highest BCUT2D eigenvalue weighted by molar-refractivity contribution is 5.97. The molecule has 1 amide bonds. The molecule has 0 aliphatic rings. The van der Waals surface area contributed by atoms with Gasteiger partial charge in [0.05, 0.1) is 27.2 Å². The first kappa shape index (κ1) is 28.3. The molecule has 3 rings (SSSR count). The third kappa shape index (κ3) is 6.16. The summed E-state index contributed by atoms with van der Waals surface area (Å²) in [5, 5.41) is 12.8. The lowest BCUT2D eigenvalue weighted by molar-refractivity contribution is -0.150. The van der Waals surface area contributed by atoms with Gasteiger partial charge in [-0.3, -0.25) is 4.79 Å². The Hall–Kier alpha value is -4.27. The van der Waals surface area contributed by atoms with Crippen LogP contribution in [0.2, 0.25) is 0 Å². The number of benzene rings is 2. The van der Waals surface area contributed by atoms with Crippen LogP contribution in [-0.2, 0) is 9.53 Å². The Balaban J connectivity index is 1.89. The van der Waals surface area contributed by atoms with Crippen LogP contribution in [-0.4, -0.2) is 55.4 Å². The number of hydrogen-bond acceptors (Lipinski definition) is 8. The molecule has 38 heavy (non-hydrogen) atoms. The Kier molecular flexibility index (Phi) is 9.17. The smallest absolute Gasteiger partial charge is 0.328 e. The van der Waals surface area contributed by atoms with Crippen LogP contribution in [0.25, 0.3) is 0 Å². The summed E-state index contributed by atoms with van der Waals surface area (Å²) in [5.74, 6) is -0.846. The number of pyridine rings is 1. The van der Waals surface area contributed by atoms with Gasteiger partial charge in [-0.2, -0.15) is 0 Å². The summed E-state index contributed by atoms with van der Waals surface area (Å²) in [6.45, 7) is 7.22. The van der Waals surface area contributed by atoms with E-state index in [1.165, 1.54) is 26.3 Å². The molecule has 0 aliphatic carbocycles. The van der Waals surface area contributed by atoms with Crippen LogP contribution in [0.3, 0.4) is 0 Å². The number of nitrogens with zero attached hydrogens (tertiary/aromatic N) is 1. The molecule has 0 unspecified atom stereocenters. The van der Waals surface area contributed by atoms with Crippen molar-refractivity contribution in [3.63, 3.8) is 0 Å². The summed E-state index contributed by atoms with van der Waals surface area (Å²) < 4.78 is 22.3. The van der Waals surface area contributed by atoms with Gasteiger partial charge in [-0.05, 0) is 51.0 Å². The molecular weight excluding hydrogens is 488 g/mol. The third-order valence-electron chi connectivity index (χ3n) is 6.24. The maximum absolute atomic E-state index is 13.1. The van der Waals surface area contributed by atoms with Crippen LogP contribution in [0.5, 0.6) is 23.0 Å². The van der Waals surface area contributed by atoms with Gasteiger partial charge in [-0.15, -0.1) is 0 Å². The normalized spacial score (nSPS) is 12.4. The van der Waals surface area contributed by atoms with Gasteiger partial charge < -0.3 is 29.4 Å². The van der Waals surface area contributed by atoms with E-state index in [2.05, 4.69) is 10.3 Å². The molecule has 2 aromatic carbocycles. The number of ether oxygens (including phenoxy) is 4. The number of rotatable bonds is 10. The van der Waals surface area contributed by atoms with E-state index < -0.39 is 35.7 Å². The summed E-state index contributed by atoms with van der Waals surface area (Å²) in [6, 6.07) is 12.1. The van der Waals surface area contributed by atoms with Gasteiger partial charge in [0.15, 0.2) is 17.2 Å². The highest BCUT2D eigenvalue weighted by Gasteiger charge is 2.32. The number of aromatic hydroxyl groups is 1. The first-order valence-corrected chi connectivity index (χ1v) is 12.1. The summed E-state index contributed by atoms with van der Waals surface area (Å²) in [5.41, 5.74) is 3.43. The molecule has 0 bridgehead atoms. The number of hydrogen-bond donors (Lipinski definition) is 2. The van der Waals surface area contributed by atoms with Crippen molar-refractivity contribution in [1.29, 1.82) is 0 Å². The van der Waals surface area contributed by atoms with Gasteiger partial charge in [-0.25, -0.2) is 9.78 Å². The molecule has 0 fully saturated rings. The topological polar surface area (TPSA) is 116 Å². The zero-order chi connectivity index (χ0) is 28.0. The fraction of sp³-hybridized carbons (Fsp3) is 0.345. The SMILES string of the molecule is COc1cc(C)ccc1C(c1ccc(C)cc1OC)[C@H](C)OC(=O)[C@H](C)NC(=O)c1nccc(OC)c1O. The molecule has 0 aliphatic heterocycles. The van der Waals surface area contributed by atoms with Gasteiger partial charge in [0.25, 0.3) is 5.91 Å². The van der Waals surface area contributed by atoms with Gasteiger partial charge in [0, 0.05) is 23.4 Å². The van der Waals surface area contributed by atoms with E-state index in [9.17, 15) is 14.7 Å². The summed E-state index contributed by atoms with van der Waals surface area (Å²) in [7, 11) is 4.55. The first-order valence-electron chi connectivity index (χ1n) is 12.1. The molecule has 2 atom stereocenters. The van der Waals surface area contributed by atoms with Crippen molar-refractivity contribution in [2.45, 2.75) is 45.8 Å². The minimum absolute atomic E-state index is 0.0935. The van der Waals surface area contributed by atoms with Crippen molar-refractivity contribution in [2.75, 3.05) is 21.3 Å². The Bertz CT molecular complexity index is 1250. The Morgan fingerprint density at radius 3 is 1.87 bits per heavy atom. The van der Waals surface area contributed by atoms with Crippen LogP contribution in [0.4, 0.5) is 0 Å². The van der Waals surface area contributed by atoms with Crippen molar-refractivity contribution in [1.82, 2.24) is 10.3 Å². The Morgan fingerprint density at radius 2 is 1.37 bits per heavy atom. The van der Waals surface area contributed by atoms with Crippen LogP contribution >= 0.6 is 0 Å². The molecule has 202 valence electrons. The van der Waals surface area contributed by atoms with Crippen LogP contribution in [0, 0.1) is 13.8 Å². The molecule has 3 aromatic rings. The average molecular weight is 523 g/mol. The van der Waals surface area contributed by atoms with Crippen molar-refractivity contribution in [3.05, 3.63) is 76.6 Å². The molecule has 1 heterocycles. The Labute approximate surface area is 222 Å². The minimum atomic E-state index is -1.03. The number of carbonyl (C=O) groups is 2. The maximum atomic E-state index is 13.1. The molecular formula is C29H34N2O7. The van der Waals surface area contributed by atoms with Gasteiger partial charge in [-0.1, -0.05) is 24.3 Å². The second-order valence-corrected chi connectivity index (χ2v) is 9.02. The number of esters is 1. The van der Waals surface area contributed by atoms with Crippen molar-refractivity contribution < 1.29 is 33.6 Å². The van der Waals surface area contributed by atoms with E-state index >= 15 is 0 Å². The van der Waals surface area contributed by atoms with Crippen molar-refractivity contribution >= 4 is 11.9 Å². The molecule has 9 heteroatoms. The fourth-order valence-corrected chi connectivity index (χ4v) is 4.27. The predicted molar refractivity (Wildman–Crippen MR) is 142 cm³/mol. The number of aryl methyl sites for hydroxylation is 2. The standard InChI is InChI=1S/C29H34N2O7/c1-16-8-10-20(23(14-16)36-6)25(21-11-9-17(2)15-24(21)37-7)19(4)38-29(34)18(3)31-28(33)26-27(32)22(35-5)12-13-30-26/h8-15,18-19,25,32H,1-7H3,(H,31,33)/t18-,19-/m0/s1. The third-order valence-corrected chi connectivity index (χ3v) is 6.24. The lowest BCUT2D eigenvalue weighted by atomic mass is 9.85. The lowest BCUT2D eigenvalue weighted by Gasteiger charge is -2.29. The zero-order valence-corrected chi connectivity index (χ0v) is 22.7. The van der Waals surface area contributed by atoms with Crippen molar-refractivity contribution in [3.8, 4) is 23.0 Å². The second kappa shape index (κ2) is 12.3. The maximum Gasteiger partial charge on any atom is 0.328 e. The van der Waals surface area contributed by atoms with Gasteiger partial charge in [0.1, 0.15) is 23.6 Å². The molecule has 0 saturated carbocycles. The minimum Gasteiger partial charge on any atom is -0.503 e.